The van der Waals surface area contributed by atoms with E-state index in [1.54, 1.807) is 12.0 Å². The van der Waals surface area contributed by atoms with E-state index >= 15 is 0 Å². The molecule has 0 aliphatic carbocycles. The SMILES string of the molecule is COc1ccc(CC(=O)N2CCc3c(nc(N4CC(C)OC(C)C4)[nH]c3=O)C2)cc1. The smallest absolute Gasteiger partial charge is 0.255 e. The molecule has 1 aromatic heterocycles. The van der Waals surface area contributed by atoms with Gasteiger partial charge in [-0.15, -0.1) is 0 Å². The van der Waals surface area contributed by atoms with Gasteiger partial charge < -0.3 is 19.3 Å². The standard InChI is InChI=1S/C22H28N4O4/c1-14-11-26(12-15(2)30-14)22-23-19-13-25(9-8-18(19)21(28)24-22)20(27)10-16-4-6-17(29-3)7-5-16/h4-7,14-15H,8-13H2,1-3H3,(H,23,24,28). The monoisotopic (exact) mass is 412 g/mol. The zero-order valence-electron chi connectivity index (χ0n) is 17.7. The van der Waals surface area contributed by atoms with E-state index in [9.17, 15) is 9.59 Å². The van der Waals surface area contributed by atoms with Crippen LogP contribution in [0.5, 0.6) is 5.75 Å². The molecule has 8 heteroatoms. The fraction of sp³-hybridized carbons (Fsp3) is 0.500. The minimum atomic E-state index is -0.107. The van der Waals surface area contributed by atoms with Gasteiger partial charge in [-0.3, -0.25) is 14.6 Å². The number of ether oxygens (including phenoxy) is 2. The molecule has 1 saturated heterocycles. The second-order valence-electron chi connectivity index (χ2n) is 8.07. The van der Waals surface area contributed by atoms with Crippen LogP contribution in [-0.2, 0) is 28.9 Å². The molecule has 30 heavy (non-hydrogen) atoms. The van der Waals surface area contributed by atoms with E-state index in [0.29, 0.717) is 56.2 Å². The van der Waals surface area contributed by atoms with Gasteiger partial charge in [-0.05, 0) is 38.0 Å². The van der Waals surface area contributed by atoms with E-state index in [1.807, 2.05) is 38.1 Å². The Balaban J connectivity index is 1.50. The number of aromatic amines is 1. The van der Waals surface area contributed by atoms with Crippen molar-refractivity contribution >= 4 is 11.9 Å². The van der Waals surface area contributed by atoms with Crippen LogP contribution in [0.1, 0.15) is 30.7 Å². The number of carbonyl (C=O) groups is 1. The largest absolute Gasteiger partial charge is 0.497 e. The number of rotatable bonds is 4. The fourth-order valence-corrected chi connectivity index (χ4v) is 4.17. The molecule has 2 unspecified atom stereocenters. The van der Waals surface area contributed by atoms with Gasteiger partial charge >= 0.3 is 0 Å². The van der Waals surface area contributed by atoms with Gasteiger partial charge in [0.05, 0.1) is 38.0 Å². The van der Waals surface area contributed by atoms with Gasteiger partial charge in [-0.2, -0.15) is 0 Å². The van der Waals surface area contributed by atoms with Crippen molar-refractivity contribution in [3.05, 3.63) is 51.4 Å². The van der Waals surface area contributed by atoms with Gasteiger partial charge in [0.2, 0.25) is 11.9 Å². The average molecular weight is 412 g/mol. The van der Waals surface area contributed by atoms with Crippen LogP contribution in [0.15, 0.2) is 29.1 Å². The van der Waals surface area contributed by atoms with E-state index in [1.165, 1.54) is 0 Å². The van der Waals surface area contributed by atoms with Gasteiger partial charge in [-0.25, -0.2) is 4.98 Å². The molecule has 1 amide bonds. The molecule has 0 bridgehead atoms. The Morgan fingerprint density at radius 1 is 1.23 bits per heavy atom. The highest BCUT2D eigenvalue weighted by molar-refractivity contribution is 5.79. The van der Waals surface area contributed by atoms with Gasteiger partial charge in [-0.1, -0.05) is 12.1 Å². The molecule has 0 saturated carbocycles. The van der Waals surface area contributed by atoms with Gasteiger partial charge in [0.15, 0.2) is 0 Å². The maximum Gasteiger partial charge on any atom is 0.255 e. The van der Waals surface area contributed by atoms with Gasteiger partial charge in [0.1, 0.15) is 5.75 Å². The summed E-state index contributed by atoms with van der Waals surface area (Å²) in [5.74, 6) is 1.36. The Labute approximate surface area is 175 Å². The highest BCUT2D eigenvalue weighted by Crippen LogP contribution is 2.21. The number of H-pyrrole nitrogens is 1. The van der Waals surface area contributed by atoms with E-state index in [0.717, 1.165) is 11.3 Å². The van der Waals surface area contributed by atoms with Gasteiger partial charge in [0, 0.05) is 25.2 Å². The Bertz CT molecular complexity index is 962. The summed E-state index contributed by atoms with van der Waals surface area (Å²) in [6.45, 7) is 6.25. The topological polar surface area (TPSA) is 87.8 Å². The number of carbonyl (C=O) groups excluding carboxylic acids is 1. The van der Waals surface area contributed by atoms with Crippen molar-refractivity contribution in [2.75, 3.05) is 31.6 Å². The summed E-state index contributed by atoms with van der Waals surface area (Å²) in [5.41, 5.74) is 2.20. The number of aromatic nitrogens is 2. The number of anilines is 1. The number of methoxy groups -OCH3 is 1. The van der Waals surface area contributed by atoms with Crippen molar-refractivity contribution in [1.82, 2.24) is 14.9 Å². The number of nitrogens with one attached hydrogen (secondary N) is 1. The first-order valence-corrected chi connectivity index (χ1v) is 10.4. The summed E-state index contributed by atoms with van der Waals surface area (Å²) < 4.78 is 10.9. The number of hydrogen-bond donors (Lipinski definition) is 1. The predicted molar refractivity (Wildman–Crippen MR) is 113 cm³/mol. The molecule has 1 aromatic carbocycles. The summed E-state index contributed by atoms with van der Waals surface area (Å²) >= 11 is 0. The van der Waals surface area contributed by atoms with Crippen LogP contribution in [-0.4, -0.2) is 59.7 Å². The first-order chi connectivity index (χ1) is 14.4. The van der Waals surface area contributed by atoms with E-state index < -0.39 is 0 Å². The third-order valence-corrected chi connectivity index (χ3v) is 5.65. The van der Waals surface area contributed by atoms with E-state index in [4.69, 9.17) is 14.5 Å². The minimum absolute atomic E-state index is 0.0306. The summed E-state index contributed by atoms with van der Waals surface area (Å²) in [7, 11) is 1.62. The van der Waals surface area contributed by atoms with Crippen molar-refractivity contribution in [3.8, 4) is 5.75 Å². The molecule has 4 rings (SSSR count). The van der Waals surface area contributed by atoms with Gasteiger partial charge in [0.25, 0.3) is 5.56 Å². The molecule has 0 radical (unpaired) electrons. The Morgan fingerprint density at radius 3 is 2.60 bits per heavy atom. The molecule has 2 atom stereocenters. The van der Waals surface area contributed by atoms with Crippen molar-refractivity contribution in [2.24, 2.45) is 0 Å². The Kier molecular flexibility index (Phi) is 5.76. The van der Waals surface area contributed by atoms with Crippen LogP contribution in [0.25, 0.3) is 0 Å². The molecule has 1 fully saturated rings. The lowest BCUT2D eigenvalue weighted by Gasteiger charge is -2.36. The summed E-state index contributed by atoms with van der Waals surface area (Å²) in [6, 6.07) is 7.50. The van der Waals surface area contributed by atoms with Crippen molar-refractivity contribution in [2.45, 2.75) is 45.4 Å². The predicted octanol–water partition coefficient (Wildman–Crippen LogP) is 1.52. The quantitative estimate of drug-likeness (QED) is 0.819. The van der Waals surface area contributed by atoms with Crippen molar-refractivity contribution in [1.29, 1.82) is 0 Å². The number of fused-ring (bicyclic) bond motifs is 1. The first kappa shape index (κ1) is 20.4. The Hall–Kier alpha value is -2.87. The molecular formula is C22H28N4O4. The Morgan fingerprint density at radius 2 is 1.93 bits per heavy atom. The van der Waals surface area contributed by atoms with E-state index in [2.05, 4.69) is 9.88 Å². The molecule has 2 aliphatic heterocycles. The number of morpholine rings is 1. The van der Waals surface area contributed by atoms with Crippen LogP contribution in [0.3, 0.4) is 0 Å². The normalized spacial score (nSPS) is 21.3. The molecular weight excluding hydrogens is 384 g/mol. The second kappa shape index (κ2) is 8.47. The van der Waals surface area contributed by atoms with Crippen LogP contribution in [0.4, 0.5) is 5.95 Å². The molecule has 8 nitrogen and oxygen atoms in total. The van der Waals surface area contributed by atoms with Crippen molar-refractivity contribution in [3.63, 3.8) is 0 Å². The van der Waals surface area contributed by atoms with Crippen LogP contribution < -0.4 is 15.2 Å². The zero-order valence-corrected chi connectivity index (χ0v) is 17.7. The fourth-order valence-electron chi connectivity index (χ4n) is 4.17. The zero-order chi connectivity index (χ0) is 21.3. The number of nitrogens with zero attached hydrogens (tertiary/aromatic N) is 3. The van der Waals surface area contributed by atoms with E-state index in [-0.39, 0.29) is 23.7 Å². The van der Waals surface area contributed by atoms with Crippen molar-refractivity contribution < 1.29 is 14.3 Å². The summed E-state index contributed by atoms with van der Waals surface area (Å²) in [4.78, 5) is 37.0. The highest BCUT2D eigenvalue weighted by Gasteiger charge is 2.28. The third-order valence-electron chi connectivity index (χ3n) is 5.65. The maximum atomic E-state index is 12.8. The molecule has 0 spiro atoms. The molecule has 3 heterocycles. The lowest BCUT2D eigenvalue weighted by molar-refractivity contribution is -0.131. The molecule has 160 valence electrons. The lowest BCUT2D eigenvalue weighted by atomic mass is 10.0. The van der Waals surface area contributed by atoms with Crippen LogP contribution >= 0.6 is 0 Å². The molecule has 2 aliphatic rings. The minimum Gasteiger partial charge on any atom is -0.497 e. The average Bonchev–Trinajstić information content (AvgIpc) is 2.73. The lowest BCUT2D eigenvalue weighted by Crippen LogP contribution is -2.47. The molecule has 2 aromatic rings. The summed E-state index contributed by atoms with van der Waals surface area (Å²) in [6.07, 6.45) is 0.964. The molecule has 1 N–H and O–H groups in total. The van der Waals surface area contributed by atoms with Crippen LogP contribution in [0, 0.1) is 0 Å². The number of hydrogen-bond acceptors (Lipinski definition) is 6. The van der Waals surface area contributed by atoms with Crippen LogP contribution in [0.2, 0.25) is 0 Å². The second-order valence-corrected chi connectivity index (χ2v) is 8.07. The summed E-state index contributed by atoms with van der Waals surface area (Å²) in [5, 5.41) is 0. The maximum absolute atomic E-state index is 12.8. The number of amides is 1. The highest BCUT2D eigenvalue weighted by atomic mass is 16.5. The first-order valence-electron chi connectivity index (χ1n) is 10.4. The number of benzene rings is 1. The third kappa shape index (κ3) is 4.33.